The summed E-state index contributed by atoms with van der Waals surface area (Å²) < 4.78 is 1.11. The van der Waals surface area contributed by atoms with Crippen LogP contribution in [0.5, 0.6) is 5.88 Å². The summed E-state index contributed by atoms with van der Waals surface area (Å²) in [6.45, 7) is 0. The van der Waals surface area contributed by atoms with Crippen LogP contribution < -0.4 is 11.0 Å². The van der Waals surface area contributed by atoms with Crippen molar-refractivity contribution < 1.29 is 9.90 Å². The summed E-state index contributed by atoms with van der Waals surface area (Å²) >= 11 is 0. The van der Waals surface area contributed by atoms with E-state index in [4.69, 9.17) is 0 Å². The number of pyridine rings is 2. The Balaban J connectivity index is 1.82. The quantitative estimate of drug-likeness (QED) is 0.376. The van der Waals surface area contributed by atoms with Crippen LogP contribution in [0.15, 0.2) is 76.9 Å². The number of hydrazone groups is 1. The lowest BCUT2D eigenvalue weighted by atomic mass is 10.1. The van der Waals surface area contributed by atoms with E-state index in [1.165, 1.54) is 12.4 Å². The van der Waals surface area contributed by atoms with Gasteiger partial charge in [0, 0.05) is 23.2 Å². The van der Waals surface area contributed by atoms with Crippen LogP contribution in [0.3, 0.4) is 0 Å². The molecule has 1 aromatic carbocycles. The zero-order valence-electron chi connectivity index (χ0n) is 14.5. The largest absolute Gasteiger partial charge is 0.494 e. The summed E-state index contributed by atoms with van der Waals surface area (Å²) in [6, 6.07) is 15.2. The summed E-state index contributed by atoms with van der Waals surface area (Å²) in [5.74, 6) is -0.468. The molecule has 0 spiro atoms. The maximum atomic E-state index is 12.9. The van der Waals surface area contributed by atoms with Crippen LogP contribution in [0.2, 0.25) is 0 Å². The maximum Gasteiger partial charge on any atom is 0.287 e. The molecule has 3 heterocycles. The van der Waals surface area contributed by atoms with Crippen LogP contribution >= 0.6 is 0 Å². The first-order valence-corrected chi connectivity index (χ1v) is 8.42. The zero-order valence-corrected chi connectivity index (χ0v) is 14.5. The Morgan fingerprint density at radius 1 is 1.11 bits per heavy atom. The Morgan fingerprint density at radius 2 is 1.89 bits per heavy atom. The number of rotatable bonds is 4. The van der Waals surface area contributed by atoms with Crippen molar-refractivity contribution in [2.75, 3.05) is 0 Å². The summed E-state index contributed by atoms with van der Waals surface area (Å²) in [4.78, 5) is 31.8. The van der Waals surface area contributed by atoms with Gasteiger partial charge in [-0.3, -0.25) is 9.59 Å². The zero-order chi connectivity index (χ0) is 19.5. The number of carbonyl (C=O) groups excluding carboxylic acids is 1. The number of nitrogens with zero attached hydrogens (tertiary/aromatic N) is 3. The van der Waals surface area contributed by atoms with Gasteiger partial charge in [0.15, 0.2) is 0 Å². The monoisotopic (exact) mass is 373 g/mol. The third-order valence-corrected chi connectivity index (χ3v) is 4.18. The first-order chi connectivity index (χ1) is 13.7. The predicted octanol–water partition coefficient (Wildman–Crippen LogP) is 2.18. The van der Waals surface area contributed by atoms with Crippen molar-refractivity contribution in [1.82, 2.24) is 20.0 Å². The summed E-state index contributed by atoms with van der Waals surface area (Å²) in [7, 11) is 0. The van der Waals surface area contributed by atoms with Crippen LogP contribution in [0, 0.1) is 0 Å². The molecule has 0 aliphatic carbocycles. The Kier molecular flexibility index (Phi) is 4.43. The molecule has 0 saturated carbocycles. The third kappa shape index (κ3) is 3.03. The molecule has 0 saturated heterocycles. The van der Waals surface area contributed by atoms with Gasteiger partial charge in [-0.25, -0.2) is 15.0 Å². The molecule has 138 valence electrons. The lowest BCUT2D eigenvalue weighted by molar-refractivity contribution is 0.0950. The van der Waals surface area contributed by atoms with Crippen molar-refractivity contribution in [3.63, 3.8) is 0 Å². The molecule has 0 unspecified atom stereocenters. The molecule has 8 nitrogen and oxygen atoms in total. The maximum absolute atomic E-state index is 12.9. The van der Waals surface area contributed by atoms with Crippen LogP contribution in [-0.4, -0.2) is 31.8 Å². The van der Waals surface area contributed by atoms with E-state index in [9.17, 15) is 14.7 Å². The number of benzene rings is 1. The second-order valence-electron chi connectivity index (χ2n) is 5.89. The predicted molar refractivity (Wildman–Crippen MR) is 105 cm³/mol. The molecule has 8 heteroatoms. The van der Waals surface area contributed by atoms with Crippen LogP contribution in [0.4, 0.5) is 0 Å². The van der Waals surface area contributed by atoms with Crippen molar-refractivity contribution in [2.45, 2.75) is 0 Å². The topological polar surface area (TPSA) is 112 Å². The van der Waals surface area contributed by atoms with E-state index in [-0.39, 0.29) is 17.3 Å². The molecule has 0 radical (unpaired) electrons. The summed E-state index contributed by atoms with van der Waals surface area (Å²) in [5.41, 5.74) is 2.62. The first kappa shape index (κ1) is 17.2. The summed E-state index contributed by atoms with van der Waals surface area (Å²) in [5, 5.41) is 15.6. The minimum Gasteiger partial charge on any atom is -0.494 e. The molecule has 3 aromatic heterocycles. The van der Waals surface area contributed by atoms with Gasteiger partial charge < -0.3 is 10.1 Å². The number of hydrogen-bond acceptors (Lipinski definition) is 5. The van der Waals surface area contributed by atoms with E-state index in [2.05, 4.69) is 20.5 Å². The molecule has 0 aliphatic rings. The fourth-order valence-electron chi connectivity index (χ4n) is 2.88. The molecule has 0 bridgehead atoms. The number of H-pyrrole nitrogens is 1. The Labute approximate surface area is 158 Å². The van der Waals surface area contributed by atoms with Gasteiger partial charge in [0.05, 0.1) is 11.8 Å². The highest BCUT2D eigenvalue weighted by molar-refractivity contribution is 6.02. The molecule has 4 aromatic rings. The van der Waals surface area contributed by atoms with E-state index in [0.29, 0.717) is 16.5 Å². The van der Waals surface area contributed by atoms with Crippen LogP contribution in [0.1, 0.15) is 16.1 Å². The van der Waals surface area contributed by atoms with Crippen molar-refractivity contribution in [3.05, 3.63) is 88.6 Å². The highest BCUT2D eigenvalue weighted by Crippen LogP contribution is 2.24. The Morgan fingerprint density at radius 3 is 2.61 bits per heavy atom. The molecule has 28 heavy (non-hydrogen) atoms. The van der Waals surface area contributed by atoms with Gasteiger partial charge in [-0.15, -0.1) is 0 Å². The van der Waals surface area contributed by atoms with Crippen molar-refractivity contribution >= 4 is 22.9 Å². The fourth-order valence-corrected chi connectivity index (χ4v) is 2.88. The lowest BCUT2D eigenvalue weighted by Gasteiger charge is -2.12. The van der Waals surface area contributed by atoms with E-state index in [1.54, 1.807) is 60.8 Å². The SMILES string of the molecule is O=C(N/N=C/c1c(O)n(-c2ccccn2)c(=O)c2ccccc12)c1ccc[nH]1. The van der Waals surface area contributed by atoms with Crippen molar-refractivity contribution in [1.29, 1.82) is 0 Å². The number of aromatic amines is 1. The molecule has 4 rings (SSSR count). The van der Waals surface area contributed by atoms with Gasteiger partial charge in [0.25, 0.3) is 11.5 Å². The molecule has 3 N–H and O–H groups in total. The lowest BCUT2D eigenvalue weighted by Crippen LogP contribution is -2.21. The number of aromatic hydroxyl groups is 1. The fraction of sp³-hybridized carbons (Fsp3) is 0. The number of amides is 1. The number of nitrogens with one attached hydrogen (secondary N) is 2. The Bertz CT molecular complexity index is 1230. The second kappa shape index (κ2) is 7.20. The average molecular weight is 373 g/mol. The average Bonchev–Trinajstić information content (AvgIpc) is 3.26. The molecule has 1 amide bonds. The van der Waals surface area contributed by atoms with Gasteiger partial charge in [-0.1, -0.05) is 24.3 Å². The molecule has 0 fully saturated rings. The molecule has 0 aliphatic heterocycles. The second-order valence-corrected chi connectivity index (χ2v) is 5.89. The number of aromatic nitrogens is 3. The molecule has 0 atom stereocenters. The van der Waals surface area contributed by atoms with E-state index >= 15 is 0 Å². The van der Waals surface area contributed by atoms with Gasteiger partial charge >= 0.3 is 0 Å². The summed E-state index contributed by atoms with van der Waals surface area (Å²) in [6.07, 6.45) is 4.46. The minimum atomic E-state index is -0.428. The van der Waals surface area contributed by atoms with Gasteiger partial charge in [0.1, 0.15) is 11.5 Å². The van der Waals surface area contributed by atoms with E-state index in [0.717, 1.165) is 4.57 Å². The Hall–Kier alpha value is -4.20. The van der Waals surface area contributed by atoms with Gasteiger partial charge in [-0.2, -0.15) is 5.10 Å². The smallest absolute Gasteiger partial charge is 0.287 e. The van der Waals surface area contributed by atoms with Crippen molar-refractivity contribution in [2.24, 2.45) is 5.10 Å². The van der Waals surface area contributed by atoms with E-state index in [1.807, 2.05) is 0 Å². The molecular weight excluding hydrogens is 358 g/mol. The van der Waals surface area contributed by atoms with E-state index < -0.39 is 11.5 Å². The number of fused-ring (bicyclic) bond motifs is 1. The standard InChI is InChI=1S/C20H15N5O3/c26-18(16-8-5-11-21-16)24-23-12-15-13-6-1-2-7-14(13)19(27)25(20(15)28)17-9-3-4-10-22-17/h1-12,21,28H,(H,24,26)/b23-12+. The molecular formula is C20H15N5O3. The normalized spacial score (nSPS) is 11.1. The highest BCUT2D eigenvalue weighted by atomic mass is 16.3. The third-order valence-electron chi connectivity index (χ3n) is 4.18. The number of carbonyl (C=O) groups is 1. The number of hydrogen-bond donors (Lipinski definition) is 3. The van der Waals surface area contributed by atoms with Crippen LogP contribution in [0.25, 0.3) is 16.6 Å². The van der Waals surface area contributed by atoms with Gasteiger partial charge in [-0.05, 0) is 30.3 Å². The van der Waals surface area contributed by atoms with Crippen molar-refractivity contribution in [3.8, 4) is 11.7 Å². The minimum absolute atomic E-state index is 0.279. The van der Waals surface area contributed by atoms with Crippen LogP contribution in [-0.2, 0) is 0 Å². The van der Waals surface area contributed by atoms with Gasteiger partial charge in [0.2, 0.25) is 5.88 Å². The first-order valence-electron chi connectivity index (χ1n) is 8.42. The highest BCUT2D eigenvalue weighted by Gasteiger charge is 2.16.